The summed E-state index contributed by atoms with van der Waals surface area (Å²) in [4.78, 5) is 13.3. The van der Waals surface area contributed by atoms with Crippen LogP contribution in [-0.2, 0) is 4.74 Å². The van der Waals surface area contributed by atoms with Gasteiger partial charge in [0.05, 0.1) is 18.5 Å². The van der Waals surface area contributed by atoms with E-state index in [4.69, 9.17) is 4.74 Å². The van der Waals surface area contributed by atoms with E-state index in [0.717, 1.165) is 15.9 Å². The Hall–Kier alpha value is -2.14. The van der Waals surface area contributed by atoms with E-state index in [0.29, 0.717) is 11.5 Å². The molecule has 3 rings (SSSR count). The van der Waals surface area contributed by atoms with E-state index in [2.05, 4.69) is 5.10 Å². The van der Waals surface area contributed by atoms with Crippen molar-refractivity contribution in [1.29, 1.82) is 0 Å². The molecule has 0 aliphatic heterocycles. The molecule has 4 nitrogen and oxygen atoms in total. The molecule has 19 heavy (non-hydrogen) atoms. The Labute approximate surface area is 114 Å². The zero-order valence-corrected chi connectivity index (χ0v) is 11.2. The van der Waals surface area contributed by atoms with Crippen LogP contribution < -0.4 is 0 Å². The summed E-state index contributed by atoms with van der Waals surface area (Å²) >= 11 is 1.40. The van der Waals surface area contributed by atoms with Gasteiger partial charge in [-0.15, -0.1) is 11.3 Å². The molecule has 0 saturated carbocycles. The summed E-state index contributed by atoms with van der Waals surface area (Å²) in [5.41, 5.74) is 0.981. The van der Waals surface area contributed by atoms with Gasteiger partial charge in [0.25, 0.3) is 0 Å². The molecule has 1 aromatic carbocycles. The number of nitrogens with zero attached hydrogens (tertiary/aromatic N) is 2. The van der Waals surface area contributed by atoms with Crippen molar-refractivity contribution in [1.82, 2.24) is 9.78 Å². The summed E-state index contributed by atoms with van der Waals surface area (Å²) in [6.45, 7) is 2.19. The third-order valence-corrected chi connectivity index (χ3v) is 3.83. The predicted octanol–water partition coefficient (Wildman–Crippen LogP) is 3.26. The number of hydrogen-bond donors (Lipinski definition) is 0. The number of carbonyl (C=O) groups is 1. The molecular weight excluding hydrogens is 260 g/mol. The molecule has 0 saturated heterocycles. The van der Waals surface area contributed by atoms with Gasteiger partial charge in [0.15, 0.2) is 0 Å². The molecule has 0 atom stereocenters. The largest absolute Gasteiger partial charge is 0.462 e. The van der Waals surface area contributed by atoms with Crippen molar-refractivity contribution < 1.29 is 9.53 Å². The molecule has 0 spiro atoms. The molecule has 0 unspecified atom stereocenters. The quantitative estimate of drug-likeness (QED) is 0.687. The maximum absolute atomic E-state index is 11.7. The Morgan fingerprint density at radius 2 is 2.16 bits per heavy atom. The van der Waals surface area contributed by atoms with Gasteiger partial charge in [-0.2, -0.15) is 5.10 Å². The van der Waals surface area contributed by atoms with Gasteiger partial charge in [0.2, 0.25) is 0 Å². The van der Waals surface area contributed by atoms with Crippen LogP contribution in [0.4, 0.5) is 0 Å². The van der Waals surface area contributed by atoms with Crippen molar-refractivity contribution in [3.63, 3.8) is 0 Å². The highest BCUT2D eigenvalue weighted by Crippen LogP contribution is 2.28. The van der Waals surface area contributed by atoms with Crippen molar-refractivity contribution in [3.05, 3.63) is 47.5 Å². The van der Waals surface area contributed by atoms with Gasteiger partial charge in [-0.05, 0) is 25.1 Å². The van der Waals surface area contributed by atoms with Gasteiger partial charge in [-0.25, -0.2) is 9.48 Å². The number of ether oxygens (including phenoxy) is 1. The van der Waals surface area contributed by atoms with Gasteiger partial charge in [-0.1, -0.05) is 18.2 Å². The van der Waals surface area contributed by atoms with Gasteiger partial charge >= 0.3 is 5.97 Å². The van der Waals surface area contributed by atoms with E-state index in [1.165, 1.54) is 11.3 Å². The maximum Gasteiger partial charge on any atom is 0.348 e. The first-order valence-corrected chi connectivity index (χ1v) is 6.81. The first kappa shape index (κ1) is 11.9. The Kier molecular flexibility index (Phi) is 3.05. The summed E-state index contributed by atoms with van der Waals surface area (Å²) in [6.07, 6.45) is 1.77. The van der Waals surface area contributed by atoms with Crippen LogP contribution in [0.1, 0.15) is 16.6 Å². The van der Waals surface area contributed by atoms with E-state index in [-0.39, 0.29) is 5.97 Å². The monoisotopic (exact) mass is 272 g/mol. The Morgan fingerprint density at radius 1 is 1.37 bits per heavy atom. The number of rotatable bonds is 3. The zero-order valence-electron chi connectivity index (χ0n) is 10.4. The third-order valence-electron chi connectivity index (χ3n) is 2.72. The number of para-hydroxylation sites is 1. The molecule has 3 aromatic rings. The fraction of sp³-hybridized carbons (Fsp3) is 0.143. The van der Waals surface area contributed by atoms with Crippen molar-refractivity contribution in [2.75, 3.05) is 6.61 Å². The Morgan fingerprint density at radius 3 is 2.89 bits per heavy atom. The van der Waals surface area contributed by atoms with E-state index in [1.54, 1.807) is 13.1 Å². The molecule has 0 amide bonds. The molecule has 0 radical (unpaired) electrons. The molecule has 0 bridgehead atoms. The van der Waals surface area contributed by atoms with Gasteiger partial charge in [0.1, 0.15) is 9.71 Å². The summed E-state index contributed by atoms with van der Waals surface area (Å²) in [5.74, 6) is -0.275. The number of carbonyl (C=O) groups excluding carboxylic acids is 1. The summed E-state index contributed by atoms with van der Waals surface area (Å²) < 4.78 is 6.85. The highest BCUT2D eigenvalue weighted by molar-refractivity contribution is 7.20. The van der Waals surface area contributed by atoms with Crippen LogP contribution in [0.5, 0.6) is 0 Å². The second-order valence-corrected chi connectivity index (χ2v) is 5.01. The highest BCUT2D eigenvalue weighted by Gasteiger charge is 2.14. The molecule has 0 aliphatic carbocycles. The van der Waals surface area contributed by atoms with Crippen molar-refractivity contribution in [3.8, 4) is 5.69 Å². The van der Waals surface area contributed by atoms with E-state index in [9.17, 15) is 4.79 Å². The SMILES string of the molecule is CCOC(=O)c1cc2cnn(-c3ccccc3)c2s1. The second-order valence-electron chi connectivity index (χ2n) is 3.98. The number of aromatic nitrogens is 2. The maximum atomic E-state index is 11.7. The zero-order chi connectivity index (χ0) is 13.2. The molecule has 0 aliphatic rings. The molecule has 0 fully saturated rings. The molecular formula is C14H12N2O2S. The third kappa shape index (κ3) is 2.13. The average molecular weight is 272 g/mol. The molecule has 2 aromatic heterocycles. The number of hydrogen-bond acceptors (Lipinski definition) is 4. The smallest absolute Gasteiger partial charge is 0.348 e. The summed E-state index contributed by atoms with van der Waals surface area (Å²) in [7, 11) is 0. The lowest BCUT2D eigenvalue weighted by Gasteiger charge is -2.00. The second kappa shape index (κ2) is 4.85. The standard InChI is InChI=1S/C14H12N2O2S/c1-2-18-14(17)12-8-10-9-15-16(13(10)19-12)11-6-4-3-5-7-11/h3-9H,2H2,1H3. The Bertz CT molecular complexity index is 715. The molecule has 5 heteroatoms. The molecule has 2 heterocycles. The lowest BCUT2D eigenvalue weighted by atomic mass is 10.3. The number of benzene rings is 1. The predicted molar refractivity (Wildman–Crippen MR) is 74.9 cm³/mol. The van der Waals surface area contributed by atoms with Crippen LogP contribution in [0.25, 0.3) is 15.9 Å². The van der Waals surface area contributed by atoms with Gasteiger partial charge < -0.3 is 4.74 Å². The van der Waals surface area contributed by atoms with Crippen molar-refractivity contribution in [2.24, 2.45) is 0 Å². The van der Waals surface area contributed by atoms with Crippen LogP contribution in [0.2, 0.25) is 0 Å². The highest BCUT2D eigenvalue weighted by atomic mass is 32.1. The molecule has 96 valence electrons. The van der Waals surface area contributed by atoms with Crippen molar-refractivity contribution >= 4 is 27.5 Å². The normalized spacial score (nSPS) is 10.8. The fourth-order valence-electron chi connectivity index (χ4n) is 1.88. The number of fused-ring (bicyclic) bond motifs is 1. The van der Waals surface area contributed by atoms with Gasteiger partial charge in [-0.3, -0.25) is 0 Å². The number of esters is 1. The van der Waals surface area contributed by atoms with Crippen LogP contribution in [0.3, 0.4) is 0 Å². The van der Waals surface area contributed by atoms with Crippen LogP contribution in [-0.4, -0.2) is 22.4 Å². The van der Waals surface area contributed by atoms with Crippen LogP contribution in [0, 0.1) is 0 Å². The first-order valence-electron chi connectivity index (χ1n) is 5.99. The summed E-state index contributed by atoms with van der Waals surface area (Å²) in [5, 5.41) is 5.30. The lowest BCUT2D eigenvalue weighted by Crippen LogP contribution is -2.01. The van der Waals surface area contributed by atoms with E-state index < -0.39 is 0 Å². The number of thiophene rings is 1. The Balaban J connectivity index is 2.06. The van der Waals surface area contributed by atoms with Crippen LogP contribution in [0.15, 0.2) is 42.6 Å². The minimum absolute atomic E-state index is 0.275. The fourth-order valence-corrected chi connectivity index (χ4v) is 2.89. The minimum atomic E-state index is -0.275. The van der Waals surface area contributed by atoms with E-state index in [1.807, 2.05) is 41.1 Å². The lowest BCUT2D eigenvalue weighted by molar-refractivity contribution is 0.0532. The van der Waals surface area contributed by atoms with Gasteiger partial charge in [0, 0.05) is 5.39 Å². The summed E-state index contributed by atoms with van der Waals surface area (Å²) in [6, 6.07) is 11.7. The first-order chi connectivity index (χ1) is 9.29. The topological polar surface area (TPSA) is 44.1 Å². The van der Waals surface area contributed by atoms with Crippen LogP contribution >= 0.6 is 11.3 Å². The molecule has 0 N–H and O–H groups in total. The average Bonchev–Trinajstić information content (AvgIpc) is 2.99. The van der Waals surface area contributed by atoms with Crippen molar-refractivity contribution in [2.45, 2.75) is 6.92 Å². The van der Waals surface area contributed by atoms with E-state index >= 15 is 0 Å². The minimum Gasteiger partial charge on any atom is -0.462 e.